The maximum absolute atomic E-state index is 9.61. The first-order valence-corrected chi connectivity index (χ1v) is 6.96. The molecule has 0 saturated carbocycles. The lowest BCUT2D eigenvalue weighted by molar-refractivity contribution is 0.00578. The molecule has 0 aliphatic carbocycles. The molecule has 0 atom stereocenters. The van der Waals surface area contributed by atoms with Crippen molar-refractivity contribution in [3.63, 3.8) is 0 Å². The lowest BCUT2D eigenvalue weighted by Crippen LogP contribution is -2.41. The number of nitrogens with zero attached hydrogens (tertiary/aromatic N) is 2. The average molecular weight is 291 g/mol. The number of hydrogen-bond donors (Lipinski definition) is 2. The van der Waals surface area contributed by atoms with Gasteiger partial charge >= 0.3 is 7.12 Å². The minimum absolute atomic E-state index is 0.148. The summed E-state index contributed by atoms with van der Waals surface area (Å²) in [7, 11) is 1.19. The quantitative estimate of drug-likeness (QED) is 0.819. The van der Waals surface area contributed by atoms with Gasteiger partial charge in [-0.2, -0.15) is 0 Å². The first kappa shape index (κ1) is 15.9. The zero-order valence-electron chi connectivity index (χ0n) is 13.2. The summed E-state index contributed by atoms with van der Waals surface area (Å²) < 4.78 is 11.9. The Kier molecular flexibility index (Phi) is 4.36. The summed E-state index contributed by atoms with van der Waals surface area (Å²) in [6.45, 7) is 7.77. The second-order valence-electron chi connectivity index (χ2n) is 6.06. The van der Waals surface area contributed by atoms with Crippen LogP contribution in [0.3, 0.4) is 0 Å². The fourth-order valence-corrected chi connectivity index (χ4v) is 1.94. The molecule has 0 bridgehead atoms. The molecule has 0 aromatic carbocycles. The van der Waals surface area contributed by atoms with Gasteiger partial charge < -0.3 is 19.7 Å². The van der Waals surface area contributed by atoms with Crippen molar-refractivity contribution in [3.8, 4) is 0 Å². The van der Waals surface area contributed by atoms with Crippen molar-refractivity contribution >= 4 is 19.1 Å². The number of anilines is 1. The van der Waals surface area contributed by atoms with E-state index in [2.05, 4.69) is 15.3 Å². The zero-order chi connectivity index (χ0) is 15.7. The van der Waals surface area contributed by atoms with E-state index < -0.39 is 18.3 Å². The molecule has 1 aliphatic rings. The van der Waals surface area contributed by atoms with Gasteiger partial charge in [-0.05, 0) is 33.2 Å². The van der Waals surface area contributed by atoms with Crippen LogP contribution in [0.15, 0.2) is 17.9 Å². The Morgan fingerprint density at radius 3 is 2.19 bits per heavy atom. The predicted octanol–water partition coefficient (Wildman–Crippen LogP) is 1.53. The van der Waals surface area contributed by atoms with Crippen molar-refractivity contribution in [2.24, 2.45) is 0 Å². The third kappa shape index (κ3) is 3.25. The largest absolute Gasteiger partial charge is 0.492 e. The van der Waals surface area contributed by atoms with Gasteiger partial charge in [0.15, 0.2) is 0 Å². The smallest absolute Gasteiger partial charge is 0.400 e. The molecule has 0 spiro atoms. The van der Waals surface area contributed by atoms with Crippen LogP contribution in [-0.2, 0) is 9.31 Å². The lowest BCUT2D eigenvalue weighted by Gasteiger charge is -2.32. The van der Waals surface area contributed by atoms with Crippen LogP contribution in [0.5, 0.6) is 0 Å². The third-order valence-corrected chi connectivity index (χ3v) is 3.99. The topological polar surface area (TPSA) is 76.5 Å². The molecular formula is C14H22BN3O3. The molecule has 7 heteroatoms. The molecule has 0 amide bonds. The van der Waals surface area contributed by atoms with Crippen molar-refractivity contribution < 1.29 is 14.4 Å². The highest BCUT2D eigenvalue weighted by atomic mass is 16.7. The number of aromatic nitrogens is 2. The summed E-state index contributed by atoms with van der Waals surface area (Å²) in [4.78, 5) is 8.28. The fraction of sp³-hybridized carbons (Fsp3) is 0.571. The van der Waals surface area contributed by atoms with E-state index in [1.165, 1.54) is 0 Å². The molecule has 1 aliphatic heterocycles. The standard InChI is InChI=1S/C14H22BN3O3/c1-13(2)14(3,4)21-15(20-13)11(9-19)6-10-7-17-12(16-5)18-8-10/h6-8,19H,9H2,1-5H3,(H,16,17,18). The molecule has 1 fully saturated rings. The van der Waals surface area contributed by atoms with E-state index in [1.807, 2.05) is 27.7 Å². The number of nitrogens with one attached hydrogen (secondary N) is 1. The second kappa shape index (κ2) is 5.75. The number of aliphatic hydroxyl groups excluding tert-OH is 1. The lowest BCUT2D eigenvalue weighted by atomic mass is 9.78. The number of aliphatic hydroxyl groups is 1. The van der Waals surface area contributed by atoms with Crippen LogP contribution in [0.2, 0.25) is 0 Å². The minimum atomic E-state index is -0.566. The Hall–Kier alpha value is -1.44. The van der Waals surface area contributed by atoms with E-state index in [9.17, 15) is 5.11 Å². The first-order chi connectivity index (χ1) is 9.79. The molecule has 2 heterocycles. The van der Waals surface area contributed by atoms with Gasteiger partial charge in [-0.3, -0.25) is 0 Å². The summed E-state index contributed by atoms with van der Waals surface area (Å²) >= 11 is 0. The van der Waals surface area contributed by atoms with Gasteiger partial charge in [-0.25, -0.2) is 9.97 Å². The third-order valence-electron chi connectivity index (χ3n) is 3.99. The molecule has 1 saturated heterocycles. The summed E-state index contributed by atoms with van der Waals surface area (Å²) in [5.74, 6) is 0.549. The van der Waals surface area contributed by atoms with Gasteiger partial charge in [0, 0.05) is 25.0 Å². The van der Waals surface area contributed by atoms with Crippen molar-refractivity contribution in [1.29, 1.82) is 0 Å². The van der Waals surface area contributed by atoms with Crippen LogP contribution in [0, 0.1) is 0 Å². The number of rotatable bonds is 4. The first-order valence-electron chi connectivity index (χ1n) is 6.96. The van der Waals surface area contributed by atoms with Crippen LogP contribution in [0.25, 0.3) is 6.08 Å². The SMILES string of the molecule is CNc1ncc(C=C(CO)B2OC(C)(C)C(C)(C)O2)cn1. The zero-order valence-corrected chi connectivity index (χ0v) is 13.2. The van der Waals surface area contributed by atoms with Crippen LogP contribution >= 0.6 is 0 Å². The Labute approximate surface area is 125 Å². The van der Waals surface area contributed by atoms with Gasteiger partial charge in [-0.15, -0.1) is 0 Å². The molecule has 1 aromatic heterocycles. The highest BCUT2D eigenvalue weighted by molar-refractivity contribution is 6.55. The van der Waals surface area contributed by atoms with Crippen molar-refractivity contribution in [1.82, 2.24) is 9.97 Å². The maximum atomic E-state index is 9.61. The predicted molar refractivity (Wildman–Crippen MR) is 82.7 cm³/mol. The Bertz CT molecular complexity index is 513. The Balaban J connectivity index is 2.22. The van der Waals surface area contributed by atoms with E-state index in [1.54, 1.807) is 25.5 Å². The van der Waals surface area contributed by atoms with E-state index in [0.29, 0.717) is 11.4 Å². The molecule has 0 radical (unpaired) electrons. The highest BCUT2D eigenvalue weighted by Gasteiger charge is 2.52. The summed E-state index contributed by atoms with van der Waals surface area (Å²) in [6, 6.07) is 0. The molecule has 2 rings (SSSR count). The normalized spacial score (nSPS) is 20.7. The van der Waals surface area contributed by atoms with E-state index in [0.717, 1.165) is 5.56 Å². The van der Waals surface area contributed by atoms with E-state index >= 15 is 0 Å². The second-order valence-corrected chi connectivity index (χ2v) is 6.06. The average Bonchev–Trinajstić information content (AvgIpc) is 2.65. The van der Waals surface area contributed by atoms with Crippen LogP contribution in [0.4, 0.5) is 5.95 Å². The summed E-state index contributed by atoms with van der Waals surface area (Å²) in [5.41, 5.74) is 0.568. The van der Waals surface area contributed by atoms with Gasteiger partial charge in [0.1, 0.15) is 0 Å². The highest BCUT2D eigenvalue weighted by Crippen LogP contribution is 2.38. The van der Waals surface area contributed by atoms with Crippen LogP contribution in [-0.4, -0.2) is 47.0 Å². The van der Waals surface area contributed by atoms with Crippen molar-refractivity contribution in [3.05, 3.63) is 23.4 Å². The van der Waals surface area contributed by atoms with Gasteiger partial charge in [0.25, 0.3) is 0 Å². The monoisotopic (exact) mass is 291 g/mol. The van der Waals surface area contributed by atoms with Gasteiger partial charge in [0.05, 0.1) is 17.8 Å². The minimum Gasteiger partial charge on any atom is -0.400 e. The Morgan fingerprint density at radius 2 is 1.76 bits per heavy atom. The molecule has 2 N–H and O–H groups in total. The van der Waals surface area contributed by atoms with Crippen LogP contribution in [0.1, 0.15) is 33.3 Å². The van der Waals surface area contributed by atoms with E-state index in [-0.39, 0.29) is 6.61 Å². The maximum Gasteiger partial charge on any atom is 0.492 e. The fourth-order valence-electron chi connectivity index (χ4n) is 1.94. The Morgan fingerprint density at radius 1 is 1.24 bits per heavy atom. The van der Waals surface area contributed by atoms with Crippen molar-refractivity contribution in [2.75, 3.05) is 19.0 Å². The molecule has 0 unspecified atom stereocenters. The summed E-state index contributed by atoms with van der Waals surface area (Å²) in [5, 5.41) is 12.5. The molecular weight excluding hydrogens is 269 g/mol. The summed E-state index contributed by atoms with van der Waals surface area (Å²) in [6.07, 6.45) is 5.15. The van der Waals surface area contributed by atoms with Gasteiger partial charge in [-0.1, -0.05) is 6.08 Å². The molecule has 6 nitrogen and oxygen atoms in total. The van der Waals surface area contributed by atoms with Crippen LogP contribution < -0.4 is 5.32 Å². The van der Waals surface area contributed by atoms with E-state index in [4.69, 9.17) is 9.31 Å². The molecule has 21 heavy (non-hydrogen) atoms. The van der Waals surface area contributed by atoms with Crippen molar-refractivity contribution in [2.45, 2.75) is 38.9 Å². The molecule has 1 aromatic rings. The van der Waals surface area contributed by atoms with Gasteiger partial charge in [0.2, 0.25) is 5.95 Å². The molecule has 114 valence electrons. The number of hydrogen-bond acceptors (Lipinski definition) is 6.